The summed E-state index contributed by atoms with van der Waals surface area (Å²) in [5.41, 5.74) is 4.36. The van der Waals surface area contributed by atoms with Crippen molar-refractivity contribution in [3.63, 3.8) is 0 Å². The zero-order chi connectivity index (χ0) is 23.4. The van der Waals surface area contributed by atoms with Crippen molar-refractivity contribution >= 4 is 11.8 Å². The molecule has 1 atom stereocenters. The van der Waals surface area contributed by atoms with Gasteiger partial charge < -0.3 is 10.2 Å². The van der Waals surface area contributed by atoms with E-state index in [1.165, 1.54) is 5.56 Å². The van der Waals surface area contributed by atoms with Crippen LogP contribution in [0.5, 0.6) is 0 Å². The lowest BCUT2D eigenvalue weighted by atomic mass is 9.79. The summed E-state index contributed by atoms with van der Waals surface area (Å²) in [5, 5.41) is 3.11. The molecule has 1 saturated heterocycles. The van der Waals surface area contributed by atoms with E-state index in [2.05, 4.69) is 59.7 Å². The molecule has 170 valence electrons. The molecule has 4 rings (SSSR count). The van der Waals surface area contributed by atoms with Crippen molar-refractivity contribution in [3.8, 4) is 11.1 Å². The standard InChI is InChI=1S/C28H31N3O2/c1-20(2)30-27(33)28(14-16-31(19-28)26(32)25-9-4-5-15-29-25)18-22-7-6-8-24(17-22)23-12-10-21(3)11-13-23/h4-13,15,17,20H,14,16,18-19H2,1-3H3,(H,30,33)/t28-/m1/s1. The van der Waals surface area contributed by atoms with Gasteiger partial charge in [0, 0.05) is 25.3 Å². The Hall–Kier alpha value is -3.47. The molecule has 0 spiro atoms. The quantitative estimate of drug-likeness (QED) is 0.605. The van der Waals surface area contributed by atoms with E-state index in [-0.39, 0.29) is 17.9 Å². The fourth-order valence-corrected chi connectivity index (χ4v) is 4.52. The number of likely N-dealkylation sites (tertiary alicyclic amines) is 1. The first-order valence-electron chi connectivity index (χ1n) is 11.5. The maximum absolute atomic E-state index is 13.4. The number of aryl methyl sites for hydroxylation is 1. The van der Waals surface area contributed by atoms with Crippen LogP contribution in [0.4, 0.5) is 0 Å². The number of hydrogen-bond acceptors (Lipinski definition) is 3. The van der Waals surface area contributed by atoms with Crippen molar-refractivity contribution in [3.05, 3.63) is 89.7 Å². The van der Waals surface area contributed by atoms with Crippen molar-refractivity contribution < 1.29 is 9.59 Å². The van der Waals surface area contributed by atoms with E-state index in [4.69, 9.17) is 0 Å². The Morgan fingerprint density at radius 1 is 1.03 bits per heavy atom. The van der Waals surface area contributed by atoms with Gasteiger partial charge in [0.05, 0.1) is 5.41 Å². The zero-order valence-corrected chi connectivity index (χ0v) is 19.5. The van der Waals surface area contributed by atoms with Crippen LogP contribution in [0, 0.1) is 12.3 Å². The molecule has 1 fully saturated rings. The SMILES string of the molecule is Cc1ccc(-c2cccc(C[C@]3(C(=O)NC(C)C)CCN(C(=O)c4ccccn4)C3)c2)cc1. The van der Waals surface area contributed by atoms with Crippen molar-refractivity contribution in [2.24, 2.45) is 5.41 Å². The monoisotopic (exact) mass is 441 g/mol. The van der Waals surface area contributed by atoms with Gasteiger partial charge in [-0.05, 0) is 62.4 Å². The van der Waals surface area contributed by atoms with E-state index in [9.17, 15) is 9.59 Å². The first-order valence-corrected chi connectivity index (χ1v) is 11.5. The maximum atomic E-state index is 13.4. The number of pyridine rings is 1. The summed E-state index contributed by atoms with van der Waals surface area (Å²) in [4.78, 5) is 32.4. The number of amides is 2. The molecular formula is C28H31N3O2. The third-order valence-electron chi connectivity index (χ3n) is 6.28. The van der Waals surface area contributed by atoms with Crippen LogP contribution in [0.3, 0.4) is 0 Å². The van der Waals surface area contributed by atoms with Crippen LogP contribution in [-0.4, -0.2) is 40.8 Å². The number of hydrogen-bond donors (Lipinski definition) is 1. The van der Waals surface area contributed by atoms with Gasteiger partial charge >= 0.3 is 0 Å². The summed E-state index contributed by atoms with van der Waals surface area (Å²) >= 11 is 0. The van der Waals surface area contributed by atoms with Crippen molar-refractivity contribution in [2.45, 2.75) is 39.7 Å². The number of benzene rings is 2. The van der Waals surface area contributed by atoms with Gasteiger partial charge in [0.25, 0.3) is 5.91 Å². The molecule has 0 saturated carbocycles. The minimum Gasteiger partial charge on any atom is -0.353 e. The van der Waals surface area contributed by atoms with Gasteiger partial charge in [-0.3, -0.25) is 14.6 Å². The van der Waals surface area contributed by atoms with Gasteiger partial charge in [-0.1, -0.05) is 60.2 Å². The third-order valence-corrected chi connectivity index (χ3v) is 6.28. The highest BCUT2D eigenvalue weighted by molar-refractivity contribution is 5.94. The smallest absolute Gasteiger partial charge is 0.272 e. The van der Waals surface area contributed by atoms with E-state index in [1.807, 2.05) is 26.0 Å². The van der Waals surface area contributed by atoms with Gasteiger partial charge in [-0.25, -0.2) is 0 Å². The Labute approximate surface area is 195 Å². The molecule has 0 bridgehead atoms. The highest BCUT2D eigenvalue weighted by atomic mass is 16.2. The molecule has 2 amide bonds. The predicted molar refractivity (Wildman–Crippen MR) is 131 cm³/mol. The largest absolute Gasteiger partial charge is 0.353 e. The van der Waals surface area contributed by atoms with Crippen LogP contribution in [0.1, 0.15) is 41.9 Å². The number of nitrogens with one attached hydrogen (secondary N) is 1. The highest BCUT2D eigenvalue weighted by Gasteiger charge is 2.46. The summed E-state index contributed by atoms with van der Waals surface area (Å²) in [7, 11) is 0. The topological polar surface area (TPSA) is 62.3 Å². The Morgan fingerprint density at radius 2 is 1.82 bits per heavy atom. The molecule has 1 N–H and O–H groups in total. The molecule has 33 heavy (non-hydrogen) atoms. The molecule has 5 nitrogen and oxygen atoms in total. The first-order chi connectivity index (χ1) is 15.9. The van der Waals surface area contributed by atoms with Crippen molar-refractivity contribution in [1.29, 1.82) is 0 Å². The van der Waals surface area contributed by atoms with Gasteiger partial charge in [-0.2, -0.15) is 0 Å². The number of carbonyl (C=O) groups is 2. The minimum absolute atomic E-state index is 0.00885. The van der Waals surface area contributed by atoms with E-state index in [0.29, 0.717) is 31.6 Å². The number of rotatable bonds is 6. The molecule has 0 aliphatic carbocycles. The second-order valence-electron chi connectivity index (χ2n) is 9.34. The maximum Gasteiger partial charge on any atom is 0.272 e. The average Bonchev–Trinajstić information content (AvgIpc) is 3.25. The van der Waals surface area contributed by atoms with E-state index >= 15 is 0 Å². The molecule has 2 aromatic carbocycles. The summed E-state index contributed by atoms with van der Waals surface area (Å²) in [6, 6.07) is 22.2. The van der Waals surface area contributed by atoms with Crippen LogP contribution < -0.4 is 5.32 Å². The van der Waals surface area contributed by atoms with Crippen LogP contribution in [0.2, 0.25) is 0 Å². The van der Waals surface area contributed by atoms with Gasteiger partial charge in [-0.15, -0.1) is 0 Å². The van der Waals surface area contributed by atoms with Crippen LogP contribution in [0.15, 0.2) is 72.9 Å². The number of nitrogens with zero attached hydrogens (tertiary/aromatic N) is 2. The summed E-state index contributed by atoms with van der Waals surface area (Å²) in [6.07, 6.45) is 2.83. The lowest BCUT2D eigenvalue weighted by Gasteiger charge is -2.29. The van der Waals surface area contributed by atoms with Crippen LogP contribution >= 0.6 is 0 Å². The number of carbonyl (C=O) groups excluding carboxylic acids is 2. The fraction of sp³-hybridized carbons (Fsp3) is 0.321. The fourth-order valence-electron chi connectivity index (χ4n) is 4.52. The molecule has 1 aliphatic rings. The highest BCUT2D eigenvalue weighted by Crippen LogP contribution is 2.36. The van der Waals surface area contributed by atoms with Crippen molar-refractivity contribution in [2.75, 3.05) is 13.1 Å². The minimum atomic E-state index is -0.666. The Bertz CT molecular complexity index is 1130. The van der Waals surface area contributed by atoms with Gasteiger partial charge in [0.1, 0.15) is 5.69 Å². The molecule has 2 heterocycles. The van der Waals surface area contributed by atoms with E-state index in [0.717, 1.165) is 16.7 Å². The Morgan fingerprint density at radius 3 is 2.52 bits per heavy atom. The molecule has 0 radical (unpaired) electrons. The third kappa shape index (κ3) is 5.14. The molecule has 3 aromatic rings. The molecule has 0 unspecified atom stereocenters. The van der Waals surface area contributed by atoms with Gasteiger partial charge in [0.15, 0.2) is 0 Å². The summed E-state index contributed by atoms with van der Waals surface area (Å²) in [5.74, 6) is -0.113. The average molecular weight is 442 g/mol. The van der Waals surface area contributed by atoms with Gasteiger partial charge in [0.2, 0.25) is 5.91 Å². The molecular weight excluding hydrogens is 410 g/mol. The Balaban J connectivity index is 1.61. The predicted octanol–water partition coefficient (Wildman–Crippen LogP) is 4.66. The second-order valence-corrected chi connectivity index (χ2v) is 9.34. The van der Waals surface area contributed by atoms with Crippen molar-refractivity contribution in [1.82, 2.24) is 15.2 Å². The lowest BCUT2D eigenvalue weighted by Crippen LogP contribution is -2.47. The zero-order valence-electron chi connectivity index (χ0n) is 19.5. The molecule has 5 heteroatoms. The second kappa shape index (κ2) is 9.57. The number of aromatic nitrogens is 1. The van der Waals surface area contributed by atoms with Crippen LogP contribution in [-0.2, 0) is 11.2 Å². The van der Waals surface area contributed by atoms with Crippen LogP contribution in [0.25, 0.3) is 11.1 Å². The lowest BCUT2D eigenvalue weighted by molar-refractivity contribution is -0.130. The first kappa shape index (κ1) is 22.7. The van der Waals surface area contributed by atoms with E-state index < -0.39 is 5.41 Å². The molecule has 1 aromatic heterocycles. The molecule has 1 aliphatic heterocycles. The summed E-state index contributed by atoms with van der Waals surface area (Å²) < 4.78 is 0. The normalized spacial score (nSPS) is 17.9. The van der Waals surface area contributed by atoms with E-state index in [1.54, 1.807) is 23.2 Å². The Kier molecular flexibility index (Phi) is 6.59. The summed E-state index contributed by atoms with van der Waals surface area (Å²) in [6.45, 7) is 6.94.